The summed E-state index contributed by atoms with van der Waals surface area (Å²) in [5.74, 6) is 0.376. The molecule has 1 fully saturated rings. The molecule has 3 amide bonds. The molecule has 0 radical (unpaired) electrons. The number of carbonyl (C=O) groups excluding carboxylic acids is 2. The van der Waals surface area contributed by atoms with Crippen LogP contribution in [0.1, 0.15) is 18.1 Å². The van der Waals surface area contributed by atoms with E-state index in [1.807, 2.05) is 43.3 Å². The van der Waals surface area contributed by atoms with E-state index in [1.54, 1.807) is 17.0 Å². The molecule has 0 aromatic heterocycles. The Morgan fingerprint density at radius 2 is 1.75 bits per heavy atom. The molecule has 122 valence electrons. The van der Waals surface area contributed by atoms with Gasteiger partial charge in [-0.15, -0.1) is 0 Å². The van der Waals surface area contributed by atoms with Gasteiger partial charge < -0.3 is 9.64 Å². The lowest BCUT2D eigenvalue weighted by molar-refractivity contribution is -0.120. The van der Waals surface area contributed by atoms with Crippen molar-refractivity contribution >= 4 is 17.6 Å². The number of benzene rings is 2. The summed E-state index contributed by atoms with van der Waals surface area (Å²) in [6.45, 7) is 2.83. The number of ether oxygens (including phenoxy) is 1. The highest BCUT2D eigenvalue weighted by Gasteiger charge is 2.48. The van der Waals surface area contributed by atoms with Crippen LogP contribution >= 0.6 is 0 Å². The third kappa shape index (κ3) is 2.16. The molecule has 0 bridgehead atoms. The number of anilines is 1. The van der Waals surface area contributed by atoms with Gasteiger partial charge >= 0.3 is 6.03 Å². The smallest absolute Gasteiger partial charge is 0.332 e. The molecule has 2 aromatic carbocycles. The number of amides is 3. The van der Waals surface area contributed by atoms with E-state index in [4.69, 9.17) is 4.74 Å². The van der Waals surface area contributed by atoms with Crippen LogP contribution in [0.25, 0.3) is 0 Å². The fourth-order valence-electron chi connectivity index (χ4n) is 3.46. The molecule has 0 spiro atoms. The largest absolute Gasteiger partial charge is 0.492 e. The normalized spacial score (nSPS) is 19.3. The molecular weight excluding hydrogens is 304 g/mol. The van der Waals surface area contributed by atoms with Crippen LogP contribution in [0.15, 0.2) is 48.5 Å². The summed E-state index contributed by atoms with van der Waals surface area (Å²) in [5, 5.41) is 0. The maximum atomic E-state index is 12.9. The maximum absolute atomic E-state index is 12.9. The molecule has 4 rings (SSSR count). The lowest BCUT2D eigenvalue weighted by Gasteiger charge is -2.28. The topological polar surface area (TPSA) is 49.9 Å². The number of rotatable bonds is 3. The van der Waals surface area contributed by atoms with Gasteiger partial charge in [0, 0.05) is 13.0 Å². The number of hydrogen-bond donors (Lipinski definition) is 0. The van der Waals surface area contributed by atoms with Gasteiger partial charge in [-0.25, -0.2) is 9.69 Å². The Morgan fingerprint density at radius 3 is 2.54 bits per heavy atom. The van der Waals surface area contributed by atoms with E-state index in [2.05, 4.69) is 0 Å². The Balaban J connectivity index is 1.72. The number of imide groups is 1. The zero-order chi connectivity index (χ0) is 16.7. The SMILES string of the molecule is CCOc1ccccc1N1C(=O)[C@@H]2Cc3ccccc3CN2C1=O. The van der Waals surface area contributed by atoms with E-state index in [1.165, 1.54) is 4.90 Å². The predicted molar refractivity (Wildman–Crippen MR) is 90.0 cm³/mol. The lowest BCUT2D eigenvalue weighted by atomic mass is 9.95. The van der Waals surface area contributed by atoms with Crippen molar-refractivity contribution < 1.29 is 14.3 Å². The van der Waals surface area contributed by atoms with Crippen LogP contribution in [0.2, 0.25) is 0 Å². The summed E-state index contributed by atoms with van der Waals surface area (Å²) in [6, 6.07) is 14.5. The van der Waals surface area contributed by atoms with Crippen LogP contribution in [-0.4, -0.2) is 29.5 Å². The van der Waals surface area contributed by atoms with Gasteiger partial charge in [0.05, 0.1) is 12.3 Å². The van der Waals surface area contributed by atoms with Gasteiger partial charge in [-0.2, -0.15) is 0 Å². The quantitative estimate of drug-likeness (QED) is 0.816. The van der Waals surface area contributed by atoms with Crippen LogP contribution in [0.4, 0.5) is 10.5 Å². The highest BCUT2D eigenvalue weighted by atomic mass is 16.5. The minimum Gasteiger partial charge on any atom is -0.492 e. The second-order valence-corrected chi connectivity index (χ2v) is 5.97. The highest BCUT2D eigenvalue weighted by Crippen LogP contribution is 2.36. The van der Waals surface area contributed by atoms with Gasteiger partial charge in [0.15, 0.2) is 0 Å². The second-order valence-electron chi connectivity index (χ2n) is 5.97. The fourth-order valence-corrected chi connectivity index (χ4v) is 3.46. The van der Waals surface area contributed by atoms with Gasteiger partial charge in [0.1, 0.15) is 11.8 Å². The first-order valence-corrected chi connectivity index (χ1v) is 8.14. The van der Waals surface area contributed by atoms with E-state index in [0.29, 0.717) is 31.0 Å². The molecule has 1 atom stereocenters. The monoisotopic (exact) mass is 322 g/mol. The number of fused-ring (bicyclic) bond motifs is 2. The summed E-state index contributed by atoms with van der Waals surface area (Å²) >= 11 is 0. The minimum absolute atomic E-state index is 0.179. The zero-order valence-electron chi connectivity index (χ0n) is 13.4. The third-order valence-electron chi connectivity index (χ3n) is 4.60. The van der Waals surface area contributed by atoms with Crippen molar-refractivity contribution in [2.24, 2.45) is 0 Å². The second kappa shape index (κ2) is 5.67. The van der Waals surface area contributed by atoms with Gasteiger partial charge in [0.25, 0.3) is 5.91 Å². The van der Waals surface area contributed by atoms with Crippen LogP contribution in [0.3, 0.4) is 0 Å². The first kappa shape index (κ1) is 14.8. The summed E-state index contributed by atoms with van der Waals surface area (Å²) < 4.78 is 5.60. The summed E-state index contributed by atoms with van der Waals surface area (Å²) in [7, 11) is 0. The van der Waals surface area contributed by atoms with E-state index in [9.17, 15) is 9.59 Å². The molecule has 0 saturated carbocycles. The van der Waals surface area contributed by atoms with Gasteiger partial charge in [-0.3, -0.25) is 4.79 Å². The zero-order valence-corrected chi connectivity index (χ0v) is 13.4. The summed E-state index contributed by atoms with van der Waals surface area (Å²) in [4.78, 5) is 28.7. The first-order valence-electron chi connectivity index (χ1n) is 8.14. The molecule has 2 heterocycles. The molecule has 5 heteroatoms. The molecule has 0 unspecified atom stereocenters. The van der Waals surface area contributed by atoms with E-state index in [0.717, 1.165) is 11.1 Å². The number of urea groups is 1. The molecule has 24 heavy (non-hydrogen) atoms. The molecule has 0 N–H and O–H groups in total. The number of para-hydroxylation sites is 2. The fraction of sp³-hybridized carbons (Fsp3) is 0.263. The van der Waals surface area contributed by atoms with Crippen molar-refractivity contribution in [3.05, 3.63) is 59.7 Å². The number of carbonyl (C=O) groups is 2. The predicted octanol–water partition coefficient (Wildman–Crippen LogP) is 2.98. The van der Waals surface area contributed by atoms with E-state index >= 15 is 0 Å². The van der Waals surface area contributed by atoms with Crippen LogP contribution in [0, 0.1) is 0 Å². The summed E-state index contributed by atoms with van der Waals surface area (Å²) in [5.41, 5.74) is 2.77. The highest BCUT2D eigenvalue weighted by molar-refractivity contribution is 6.22. The Labute approximate surface area is 140 Å². The Hall–Kier alpha value is -2.82. The first-order chi connectivity index (χ1) is 11.7. The average molecular weight is 322 g/mol. The summed E-state index contributed by atoms with van der Waals surface area (Å²) in [6.07, 6.45) is 0.564. The standard InChI is InChI=1S/C19H18N2O3/c1-2-24-17-10-6-5-9-15(17)21-18(22)16-11-13-7-3-4-8-14(13)12-20(16)19(21)23/h3-10,16H,2,11-12H2,1H3/t16-/m0/s1. The molecule has 2 aromatic rings. The molecule has 0 aliphatic carbocycles. The van der Waals surface area contributed by atoms with Crippen molar-refractivity contribution in [3.8, 4) is 5.75 Å². The van der Waals surface area contributed by atoms with Crippen molar-refractivity contribution in [1.82, 2.24) is 4.90 Å². The third-order valence-corrected chi connectivity index (χ3v) is 4.60. The Bertz CT molecular complexity index is 775. The molecule has 2 aliphatic rings. The molecule has 1 saturated heterocycles. The van der Waals surface area contributed by atoms with Crippen molar-refractivity contribution in [2.45, 2.75) is 25.9 Å². The lowest BCUT2D eigenvalue weighted by Crippen LogP contribution is -2.39. The van der Waals surface area contributed by atoms with E-state index in [-0.39, 0.29) is 11.9 Å². The van der Waals surface area contributed by atoms with Crippen LogP contribution in [0.5, 0.6) is 5.75 Å². The Morgan fingerprint density at radius 1 is 1.04 bits per heavy atom. The minimum atomic E-state index is -0.429. The van der Waals surface area contributed by atoms with Gasteiger partial charge in [0.2, 0.25) is 0 Å². The van der Waals surface area contributed by atoms with E-state index < -0.39 is 6.04 Å². The maximum Gasteiger partial charge on any atom is 0.332 e. The number of hydrogen-bond acceptors (Lipinski definition) is 3. The van der Waals surface area contributed by atoms with Gasteiger partial charge in [-0.1, -0.05) is 36.4 Å². The van der Waals surface area contributed by atoms with Crippen LogP contribution < -0.4 is 9.64 Å². The van der Waals surface area contributed by atoms with Crippen molar-refractivity contribution in [1.29, 1.82) is 0 Å². The number of nitrogens with zero attached hydrogens (tertiary/aromatic N) is 2. The van der Waals surface area contributed by atoms with Crippen molar-refractivity contribution in [2.75, 3.05) is 11.5 Å². The van der Waals surface area contributed by atoms with Crippen molar-refractivity contribution in [3.63, 3.8) is 0 Å². The Kier molecular flexibility index (Phi) is 3.49. The molecule has 2 aliphatic heterocycles. The van der Waals surface area contributed by atoms with Crippen LogP contribution in [-0.2, 0) is 17.8 Å². The van der Waals surface area contributed by atoms with Gasteiger partial charge in [-0.05, 0) is 30.2 Å². The molecular formula is C19H18N2O3. The average Bonchev–Trinajstić information content (AvgIpc) is 2.85. The molecule has 5 nitrogen and oxygen atoms in total.